The van der Waals surface area contributed by atoms with Crippen molar-refractivity contribution in [1.29, 1.82) is 0 Å². The molecule has 3 rings (SSSR count). The second-order valence-corrected chi connectivity index (χ2v) is 4.72. The maximum absolute atomic E-state index is 12.4. The summed E-state index contributed by atoms with van der Waals surface area (Å²) >= 11 is 0. The van der Waals surface area contributed by atoms with E-state index in [1.165, 1.54) is 0 Å². The minimum atomic E-state index is 0. The first-order chi connectivity index (χ1) is 8.74. The predicted molar refractivity (Wildman–Crippen MR) is 83.1 cm³/mol. The molecule has 1 N–H and O–H groups in total. The number of fused-ring (bicyclic) bond motifs is 1. The molecule has 1 aliphatic heterocycles. The molecule has 0 aliphatic carbocycles. The molecule has 0 radical (unpaired) electrons. The largest absolute Gasteiger partial charge is 0.336 e. The SMILES string of the molecule is CC1CN(C(=O)c2ccc3nccn3c2)CCN1.Cl.Cl. The lowest BCUT2D eigenvalue weighted by Crippen LogP contribution is -2.51. The number of imidazole rings is 1. The third-order valence-corrected chi connectivity index (χ3v) is 3.29. The zero-order valence-corrected chi connectivity index (χ0v) is 12.8. The number of pyridine rings is 1. The molecule has 1 unspecified atom stereocenters. The molecule has 3 heterocycles. The number of hydrogen-bond donors (Lipinski definition) is 1. The van der Waals surface area contributed by atoms with E-state index in [4.69, 9.17) is 0 Å². The fraction of sp³-hybridized carbons (Fsp3) is 0.385. The quantitative estimate of drug-likeness (QED) is 0.869. The van der Waals surface area contributed by atoms with Crippen LogP contribution in [0.25, 0.3) is 5.65 Å². The number of carbonyl (C=O) groups is 1. The number of nitrogens with one attached hydrogen (secondary N) is 1. The molecule has 2 aromatic heterocycles. The Hall–Kier alpha value is -1.30. The van der Waals surface area contributed by atoms with Crippen molar-refractivity contribution < 1.29 is 4.79 Å². The number of amides is 1. The number of hydrogen-bond acceptors (Lipinski definition) is 3. The molecule has 1 atom stereocenters. The molecule has 2 aromatic rings. The lowest BCUT2D eigenvalue weighted by Gasteiger charge is -2.31. The molecular formula is C13H18Cl2N4O. The van der Waals surface area contributed by atoms with Crippen LogP contribution in [0, 0.1) is 0 Å². The molecule has 1 saturated heterocycles. The van der Waals surface area contributed by atoms with Crippen molar-refractivity contribution >= 4 is 36.4 Å². The highest BCUT2D eigenvalue weighted by atomic mass is 35.5. The zero-order chi connectivity index (χ0) is 12.5. The summed E-state index contributed by atoms with van der Waals surface area (Å²) < 4.78 is 1.87. The third-order valence-electron chi connectivity index (χ3n) is 3.29. The molecule has 110 valence electrons. The van der Waals surface area contributed by atoms with E-state index < -0.39 is 0 Å². The standard InChI is InChI=1S/C13H16N4O.2ClH/c1-10-8-17(7-4-14-10)13(18)11-2-3-12-15-5-6-16(12)9-11;;/h2-3,5-6,9-10,14H,4,7-8H2,1H3;2*1H. The number of nitrogens with zero attached hydrogens (tertiary/aromatic N) is 3. The maximum atomic E-state index is 12.4. The van der Waals surface area contributed by atoms with Gasteiger partial charge in [-0.15, -0.1) is 24.8 Å². The van der Waals surface area contributed by atoms with Crippen LogP contribution in [0.4, 0.5) is 0 Å². The first kappa shape index (κ1) is 16.8. The fourth-order valence-electron chi connectivity index (χ4n) is 2.35. The topological polar surface area (TPSA) is 49.6 Å². The monoisotopic (exact) mass is 316 g/mol. The summed E-state index contributed by atoms with van der Waals surface area (Å²) in [6, 6.07) is 4.08. The fourth-order valence-corrected chi connectivity index (χ4v) is 2.35. The molecule has 20 heavy (non-hydrogen) atoms. The van der Waals surface area contributed by atoms with Crippen LogP contribution in [0.5, 0.6) is 0 Å². The van der Waals surface area contributed by atoms with E-state index in [9.17, 15) is 4.79 Å². The number of aromatic nitrogens is 2. The van der Waals surface area contributed by atoms with Crippen LogP contribution in [0.15, 0.2) is 30.7 Å². The number of carbonyl (C=O) groups excluding carboxylic acids is 1. The van der Waals surface area contributed by atoms with Crippen LogP contribution in [0.2, 0.25) is 0 Å². The summed E-state index contributed by atoms with van der Waals surface area (Å²) in [6.07, 6.45) is 5.43. The summed E-state index contributed by atoms with van der Waals surface area (Å²) in [5, 5.41) is 3.33. The van der Waals surface area contributed by atoms with Gasteiger partial charge < -0.3 is 14.6 Å². The van der Waals surface area contributed by atoms with Gasteiger partial charge in [0.05, 0.1) is 5.56 Å². The van der Waals surface area contributed by atoms with Crippen molar-refractivity contribution in [3.05, 3.63) is 36.3 Å². The Bertz CT molecular complexity index is 587. The van der Waals surface area contributed by atoms with Gasteiger partial charge in [-0.1, -0.05) is 0 Å². The Morgan fingerprint density at radius 3 is 2.95 bits per heavy atom. The highest BCUT2D eigenvalue weighted by Crippen LogP contribution is 2.10. The van der Waals surface area contributed by atoms with Gasteiger partial charge in [-0.2, -0.15) is 0 Å². The van der Waals surface area contributed by atoms with E-state index in [0.29, 0.717) is 6.04 Å². The van der Waals surface area contributed by atoms with Gasteiger partial charge in [-0.3, -0.25) is 4.79 Å². The van der Waals surface area contributed by atoms with E-state index in [1.54, 1.807) is 6.20 Å². The Morgan fingerprint density at radius 1 is 1.40 bits per heavy atom. The molecule has 1 fully saturated rings. The normalized spacial score (nSPS) is 18.2. The van der Waals surface area contributed by atoms with Gasteiger partial charge in [0.15, 0.2) is 0 Å². The first-order valence-corrected chi connectivity index (χ1v) is 6.19. The third kappa shape index (κ3) is 3.23. The van der Waals surface area contributed by atoms with Crippen molar-refractivity contribution in [3.63, 3.8) is 0 Å². The van der Waals surface area contributed by atoms with Gasteiger partial charge in [-0.05, 0) is 19.1 Å². The molecule has 5 nitrogen and oxygen atoms in total. The van der Waals surface area contributed by atoms with Crippen molar-refractivity contribution in [2.24, 2.45) is 0 Å². The van der Waals surface area contributed by atoms with Gasteiger partial charge in [0.2, 0.25) is 0 Å². The second kappa shape index (κ2) is 6.92. The zero-order valence-electron chi connectivity index (χ0n) is 11.2. The molecule has 1 amide bonds. The highest BCUT2D eigenvalue weighted by molar-refractivity contribution is 5.94. The molecule has 0 aromatic carbocycles. The molecule has 7 heteroatoms. The lowest BCUT2D eigenvalue weighted by atomic mass is 10.2. The summed E-state index contributed by atoms with van der Waals surface area (Å²) in [6.45, 7) is 4.49. The predicted octanol–water partition coefficient (Wildman–Crippen LogP) is 1.61. The Morgan fingerprint density at radius 2 is 2.20 bits per heavy atom. The molecule has 1 aliphatic rings. The molecule has 0 spiro atoms. The minimum absolute atomic E-state index is 0. The molecule has 0 bridgehead atoms. The van der Waals surface area contributed by atoms with E-state index in [1.807, 2.05) is 33.8 Å². The Kier molecular flexibility index (Phi) is 5.80. The summed E-state index contributed by atoms with van der Waals surface area (Å²) in [5.41, 5.74) is 1.58. The lowest BCUT2D eigenvalue weighted by molar-refractivity contribution is 0.0708. The van der Waals surface area contributed by atoms with Crippen LogP contribution >= 0.6 is 24.8 Å². The van der Waals surface area contributed by atoms with Gasteiger partial charge >= 0.3 is 0 Å². The minimum Gasteiger partial charge on any atom is -0.336 e. The first-order valence-electron chi connectivity index (χ1n) is 6.19. The van der Waals surface area contributed by atoms with E-state index in [0.717, 1.165) is 30.8 Å². The second-order valence-electron chi connectivity index (χ2n) is 4.72. The van der Waals surface area contributed by atoms with Gasteiger partial charge in [0.25, 0.3) is 5.91 Å². The van der Waals surface area contributed by atoms with E-state index in [-0.39, 0.29) is 30.7 Å². The van der Waals surface area contributed by atoms with Gasteiger partial charge in [-0.25, -0.2) is 4.98 Å². The Labute approximate surface area is 130 Å². The van der Waals surface area contributed by atoms with Gasteiger partial charge in [0.1, 0.15) is 5.65 Å². The maximum Gasteiger partial charge on any atom is 0.255 e. The van der Waals surface area contributed by atoms with Crippen LogP contribution in [0.3, 0.4) is 0 Å². The van der Waals surface area contributed by atoms with Crippen molar-refractivity contribution in [2.45, 2.75) is 13.0 Å². The van der Waals surface area contributed by atoms with Crippen molar-refractivity contribution in [2.75, 3.05) is 19.6 Å². The highest BCUT2D eigenvalue weighted by Gasteiger charge is 2.21. The number of piperazine rings is 1. The number of rotatable bonds is 1. The average molecular weight is 317 g/mol. The average Bonchev–Trinajstić information content (AvgIpc) is 2.85. The van der Waals surface area contributed by atoms with Crippen LogP contribution < -0.4 is 5.32 Å². The summed E-state index contributed by atoms with van der Waals surface area (Å²) in [5.74, 6) is 0.0963. The van der Waals surface area contributed by atoms with Crippen molar-refractivity contribution in [1.82, 2.24) is 19.6 Å². The van der Waals surface area contributed by atoms with Crippen LogP contribution in [0.1, 0.15) is 17.3 Å². The Balaban J connectivity index is 0.000001000. The number of halogens is 2. The summed E-state index contributed by atoms with van der Waals surface area (Å²) in [7, 11) is 0. The van der Waals surface area contributed by atoms with Gasteiger partial charge in [0, 0.05) is 44.3 Å². The molecular weight excluding hydrogens is 299 g/mol. The van der Waals surface area contributed by atoms with Crippen LogP contribution in [-0.2, 0) is 0 Å². The van der Waals surface area contributed by atoms with E-state index >= 15 is 0 Å². The van der Waals surface area contributed by atoms with Crippen LogP contribution in [-0.4, -0.2) is 45.9 Å². The summed E-state index contributed by atoms with van der Waals surface area (Å²) in [4.78, 5) is 18.4. The smallest absolute Gasteiger partial charge is 0.255 e. The molecule has 0 saturated carbocycles. The van der Waals surface area contributed by atoms with E-state index in [2.05, 4.69) is 17.2 Å². The van der Waals surface area contributed by atoms with Crippen molar-refractivity contribution in [3.8, 4) is 0 Å².